The molecule has 7 nitrogen and oxygen atoms in total. The highest BCUT2D eigenvalue weighted by atomic mass is 16.5. The second-order valence-electron chi connectivity index (χ2n) is 9.03. The molecule has 1 N–H and O–H groups in total. The number of hydrogen-bond acceptors (Lipinski definition) is 6. The summed E-state index contributed by atoms with van der Waals surface area (Å²) in [4.78, 5) is 24.4. The average Bonchev–Trinajstić information content (AvgIpc) is 3.08. The molecule has 3 rings (SSSR count). The van der Waals surface area contributed by atoms with Gasteiger partial charge in [-0.15, -0.1) is 0 Å². The fourth-order valence-corrected chi connectivity index (χ4v) is 5.02. The first kappa shape index (κ1) is 22.7. The van der Waals surface area contributed by atoms with Crippen molar-refractivity contribution in [3.05, 3.63) is 29.8 Å². The summed E-state index contributed by atoms with van der Waals surface area (Å²) in [6.07, 6.45) is 6.14. The SMILES string of the molecule is COc1cc(/C=C/C(=O)OCC(=O)NC2CC3CCC2(C)C3(C)C)ccc1OCC#N. The summed E-state index contributed by atoms with van der Waals surface area (Å²) in [7, 11) is 1.49. The quantitative estimate of drug-likeness (QED) is 0.505. The predicted octanol–water partition coefficient (Wildman–Crippen LogP) is 3.48. The van der Waals surface area contributed by atoms with Crippen LogP contribution in [0.4, 0.5) is 0 Å². The minimum Gasteiger partial charge on any atom is -0.493 e. The molecule has 0 aromatic heterocycles. The maximum absolute atomic E-state index is 12.3. The molecule has 0 radical (unpaired) electrons. The molecule has 0 aliphatic heterocycles. The van der Waals surface area contributed by atoms with Crippen LogP contribution >= 0.6 is 0 Å². The zero-order chi connectivity index (χ0) is 22.6. The second-order valence-corrected chi connectivity index (χ2v) is 9.03. The standard InChI is InChI=1S/C24H30N2O5/c1-23(2)17-9-10-24(23,3)20(14-17)26-21(27)15-31-22(28)8-6-16-5-7-18(30-12-11-25)19(13-16)29-4/h5-8,13,17,20H,9-10,12,14-15H2,1-4H3,(H,26,27)/b8-6+. The van der Waals surface area contributed by atoms with Gasteiger partial charge in [0, 0.05) is 12.1 Å². The lowest BCUT2D eigenvalue weighted by Gasteiger charge is -2.39. The third-order valence-electron chi connectivity index (χ3n) is 7.37. The molecule has 2 saturated carbocycles. The number of nitrogens with zero attached hydrogens (tertiary/aromatic N) is 1. The Hall–Kier alpha value is -3.01. The highest BCUT2D eigenvalue weighted by Crippen LogP contribution is 2.65. The Labute approximate surface area is 183 Å². The average molecular weight is 427 g/mol. The van der Waals surface area contributed by atoms with Crippen molar-refractivity contribution < 1.29 is 23.8 Å². The van der Waals surface area contributed by atoms with Gasteiger partial charge in [0.2, 0.25) is 0 Å². The van der Waals surface area contributed by atoms with E-state index in [-0.39, 0.29) is 36.0 Å². The van der Waals surface area contributed by atoms with Gasteiger partial charge in [-0.1, -0.05) is 26.8 Å². The van der Waals surface area contributed by atoms with Crippen molar-refractivity contribution in [1.82, 2.24) is 5.32 Å². The molecule has 0 heterocycles. The van der Waals surface area contributed by atoms with Gasteiger partial charge in [-0.25, -0.2) is 4.79 Å². The molecule has 0 saturated heterocycles. The number of esters is 1. The highest BCUT2D eigenvalue weighted by molar-refractivity contribution is 5.89. The Morgan fingerprint density at radius 2 is 2.06 bits per heavy atom. The van der Waals surface area contributed by atoms with Crippen LogP contribution in [-0.2, 0) is 14.3 Å². The van der Waals surface area contributed by atoms with Crippen molar-refractivity contribution >= 4 is 18.0 Å². The number of carbonyl (C=O) groups excluding carboxylic acids is 2. The van der Waals surface area contributed by atoms with E-state index < -0.39 is 5.97 Å². The molecule has 31 heavy (non-hydrogen) atoms. The Morgan fingerprint density at radius 1 is 1.29 bits per heavy atom. The fraction of sp³-hybridized carbons (Fsp3) is 0.542. The van der Waals surface area contributed by atoms with Gasteiger partial charge in [0.25, 0.3) is 5.91 Å². The molecule has 1 amide bonds. The van der Waals surface area contributed by atoms with Gasteiger partial charge in [-0.3, -0.25) is 4.79 Å². The Balaban J connectivity index is 1.50. The molecule has 1 aromatic carbocycles. The Morgan fingerprint density at radius 3 is 2.68 bits per heavy atom. The first-order chi connectivity index (χ1) is 14.7. The summed E-state index contributed by atoms with van der Waals surface area (Å²) >= 11 is 0. The third kappa shape index (κ3) is 4.53. The zero-order valence-corrected chi connectivity index (χ0v) is 18.6. The molecule has 2 bridgehead atoms. The number of ether oxygens (including phenoxy) is 3. The lowest BCUT2D eigenvalue weighted by atomic mass is 9.69. The van der Waals surface area contributed by atoms with Gasteiger partial charge in [0.05, 0.1) is 7.11 Å². The van der Waals surface area contributed by atoms with Crippen molar-refractivity contribution in [1.29, 1.82) is 5.26 Å². The van der Waals surface area contributed by atoms with Crippen molar-refractivity contribution in [2.45, 2.75) is 46.1 Å². The van der Waals surface area contributed by atoms with Gasteiger partial charge in [-0.2, -0.15) is 5.26 Å². The number of methoxy groups -OCH3 is 1. The molecule has 2 fully saturated rings. The molecule has 166 valence electrons. The van der Waals surface area contributed by atoms with Crippen molar-refractivity contribution in [2.24, 2.45) is 16.7 Å². The molecule has 0 spiro atoms. The molecular formula is C24H30N2O5. The molecule has 3 unspecified atom stereocenters. The summed E-state index contributed by atoms with van der Waals surface area (Å²) in [6.45, 7) is 6.45. The summed E-state index contributed by atoms with van der Waals surface area (Å²) in [5.41, 5.74) is 0.986. The highest BCUT2D eigenvalue weighted by Gasteiger charge is 2.61. The molecule has 2 aliphatic rings. The Kier molecular flexibility index (Phi) is 6.59. The normalized spacial score (nSPS) is 25.8. The predicted molar refractivity (Wildman–Crippen MR) is 115 cm³/mol. The molecular weight excluding hydrogens is 396 g/mol. The van der Waals surface area contributed by atoms with E-state index >= 15 is 0 Å². The number of benzene rings is 1. The Bertz CT molecular complexity index is 917. The largest absolute Gasteiger partial charge is 0.493 e. The van der Waals surface area contributed by atoms with E-state index in [0.29, 0.717) is 23.0 Å². The van der Waals surface area contributed by atoms with Crippen LogP contribution in [0.3, 0.4) is 0 Å². The van der Waals surface area contributed by atoms with Crippen LogP contribution in [0.15, 0.2) is 24.3 Å². The monoisotopic (exact) mass is 426 g/mol. The van der Waals surface area contributed by atoms with E-state index in [1.54, 1.807) is 24.3 Å². The van der Waals surface area contributed by atoms with Gasteiger partial charge >= 0.3 is 5.97 Å². The number of amides is 1. The fourth-order valence-electron chi connectivity index (χ4n) is 5.02. The van der Waals surface area contributed by atoms with E-state index in [2.05, 4.69) is 26.1 Å². The van der Waals surface area contributed by atoms with Gasteiger partial charge in [-0.05, 0) is 59.8 Å². The first-order valence-electron chi connectivity index (χ1n) is 10.5. The minimum absolute atomic E-state index is 0.0827. The summed E-state index contributed by atoms with van der Waals surface area (Å²) < 4.78 is 15.6. The van der Waals surface area contributed by atoms with Gasteiger partial charge in [0.1, 0.15) is 6.07 Å². The molecule has 2 aliphatic carbocycles. The molecule has 1 aromatic rings. The number of nitriles is 1. The van der Waals surface area contributed by atoms with Crippen LogP contribution in [0, 0.1) is 28.1 Å². The summed E-state index contributed by atoms with van der Waals surface area (Å²) in [6, 6.07) is 7.08. The lowest BCUT2D eigenvalue weighted by molar-refractivity contribution is -0.144. The number of fused-ring (bicyclic) bond motifs is 2. The summed E-state index contributed by atoms with van der Waals surface area (Å²) in [5.74, 6) is 0.655. The first-order valence-corrected chi connectivity index (χ1v) is 10.5. The maximum atomic E-state index is 12.3. The zero-order valence-electron chi connectivity index (χ0n) is 18.6. The van der Waals surface area contributed by atoms with Crippen LogP contribution < -0.4 is 14.8 Å². The van der Waals surface area contributed by atoms with Crippen LogP contribution in [0.25, 0.3) is 6.08 Å². The van der Waals surface area contributed by atoms with E-state index in [4.69, 9.17) is 19.5 Å². The van der Waals surface area contributed by atoms with Crippen LogP contribution in [-0.4, -0.2) is 38.2 Å². The van der Waals surface area contributed by atoms with E-state index in [1.807, 2.05) is 6.07 Å². The number of hydrogen-bond donors (Lipinski definition) is 1. The van der Waals surface area contributed by atoms with Crippen molar-refractivity contribution in [3.63, 3.8) is 0 Å². The van der Waals surface area contributed by atoms with Crippen molar-refractivity contribution in [2.75, 3.05) is 20.3 Å². The number of nitrogens with one attached hydrogen (secondary N) is 1. The van der Waals surface area contributed by atoms with E-state index in [1.165, 1.54) is 19.6 Å². The van der Waals surface area contributed by atoms with Crippen LogP contribution in [0.2, 0.25) is 0 Å². The minimum atomic E-state index is -0.599. The van der Waals surface area contributed by atoms with Gasteiger partial charge < -0.3 is 19.5 Å². The topological polar surface area (TPSA) is 97.7 Å². The van der Waals surface area contributed by atoms with Crippen LogP contribution in [0.1, 0.15) is 45.6 Å². The lowest BCUT2D eigenvalue weighted by Crippen LogP contribution is -2.48. The smallest absolute Gasteiger partial charge is 0.331 e. The molecule has 7 heteroatoms. The van der Waals surface area contributed by atoms with Gasteiger partial charge in [0.15, 0.2) is 24.7 Å². The number of rotatable bonds is 8. The molecule has 3 atom stereocenters. The summed E-state index contributed by atoms with van der Waals surface area (Å²) in [5, 5.41) is 11.7. The van der Waals surface area contributed by atoms with Crippen molar-refractivity contribution in [3.8, 4) is 17.6 Å². The van der Waals surface area contributed by atoms with Crippen LogP contribution in [0.5, 0.6) is 11.5 Å². The second kappa shape index (κ2) is 9.01. The maximum Gasteiger partial charge on any atom is 0.331 e. The van der Waals surface area contributed by atoms with E-state index in [9.17, 15) is 9.59 Å². The third-order valence-corrected chi connectivity index (χ3v) is 7.37. The number of carbonyl (C=O) groups is 2. The van der Waals surface area contributed by atoms with E-state index in [0.717, 1.165) is 12.8 Å².